The van der Waals surface area contributed by atoms with E-state index in [9.17, 15) is 17.2 Å². The molecule has 17 heavy (non-hydrogen) atoms. The molecule has 0 radical (unpaired) electrons. The van der Waals surface area contributed by atoms with Gasteiger partial charge >= 0.3 is 0 Å². The third-order valence-corrected chi connectivity index (χ3v) is 4.60. The van der Waals surface area contributed by atoms with Crippen molar-refractivity contribution in [2.75, 3.05) is 13.1 Å². The molecule has 1 atom stereocenters. The van der Waals surface area contributed by atoms with Crippen molar-refractivity contribution in [1.82, 2.24) is 4.31 Å². The summed E-state index contributed by atoms with van der Waals surface area (Å²) in [5, 5.41) is 0. The van der Waals surface area contributed by atoms with E-state index in [4.69, 9.17) is 5.73 Å². The van der Waals surface area contributed by atoms with Gasteiger partial charge in [-0.15, -0.1) is 0 Å². The van der Waals surface area contributed by atoms with Crippen LogP contribution in [0.1, 0.15) is 6.42 Å². The summed E-state index contributed by atoms with van der Waals surface area (Å²) >= 11 is 0. The molecule has 2 N–H and O–H groups in total. The molecule has 94 valence electrons. The number of hydrogen-bond donors (Lipinski definition) is 1. The maximum Gasteiger partial charge on any atom is 0.246 e. The molecule has 0 amide bonds. The molecule has 1 aromatic rings. The van der Waals surface area contributed by atoms with Crippen LogP contribution in [-0.2, 0) is 10.0 Å². The molecule has 0 unspecified atom stereocenters. The van der Waals surface area contributed by atoms with Crippen LogP contribution in [0.3, 0.4) is 0 Å². The number of nitrogens with two attached hydrogens (primary N) is 1. The number of halogens is 2. The van der Waals surface area contributed by atoms with Gasteiger partial charge in [-0.1, -0.05) is 0 Å². The number of sulfonamides is 1. The molecule has 0 spiro atoms. The Morgan fingerprint density at radius 2 is 2.06 bits per heavy atom. The molecule has 4 nitrogen and oxygen atoms in total. The average molecular weight is 262 g/mol. The van der Waals surface area contributed by atoms with E-state index in [1.54, 1.807) is 0 Å². The van der Waals surface area contributed by atoms with Gasteiger partial charge in [0, 0.05) is 25.2 Å². The number of benzene rings is 1. The topological polar surface area (TPSA) is 63.4 Å². The largest absolute Gasteiger partial charge is 0.326 e. The molecule has 1 saturated heterocycles. The Morgan fingerprint density at radius 1 is 1.35 bits per heavy atom. The summed E-state index contributed by atoms with van der Waals surface area (Å²) in [6, 6.07) is 2.19. The molecule has 0 aliphatic carbocycles. The van der Waals surface area contributed by atoms with Gasteiger partial charge in [-0.25, -0.2) is 17.2 Å². The van der Waals surface area contributed by atoms with Crippen molar-refractivity contribution >= 4 is 10.0 Å². The first-order valence-corrected chi connectivity index (χ1v) is 6.56. The number of nitrogens with zero attached hydrogens (tertiary/aromatic N) is 1. The maximum absolute atomic E-state index is 13.4. The summed E-state index contributed by atoms with van der Waals surface area (Å²) in [4.78, 5) is -0.506. The normalized spacial score (nSPS) is 21.9. The fourth-order valence-corrected chi connectivity index (χ4v) is 3.35. The Bertz CT molecular complexity index is 533. The molecule has 1 aliphatic rings. The first kappa shape index (κ1) is 12.4. The zero-order valence-electron chi connectivity index (χ0n) is 8.94. The SMILES string of the molecule is N[C@H]1CCN(S(=O)(=O)c2ccc(F)cc2F)C1. The first-order valence-electron chi connectivity index (χ1n) is 5.12. The molecule has 2 rings (SSSR count). The Labute approximate surface area is 98.1 Å². The van der Waals surface area contributed by atoms with Crippen molar-refractivity contribution in [2.45, 2.75) is 17.4 Å². The predicted octanol–water partition coefficient (Wildman–Crippen LogP) is 0.686. The van der Waals surface area contributed by atoms with Crippen LogP contribution in [0.4, 0.5) is 8.78 Å². The van der Waals surface area contributed by atoms with Gasteiger partial charge in [0.15, 0.2) is 0 Å². The zero-order chi connectivity index (χ0) is 12.6. The fourth-order valence-electron chi connectivity index (χ4n) is 1.80. The lowest BCUT2D eigenvalue weighted by atomic mass is 10.3. The van der Waals surface area contributed by atoms with Gasteiger partial charge in [-0.05, 0) is 18.6 Å². The van der Waals surface area contributed by atoms with Crippen LogP contribution in [-0.4, -0.2) is 31.9 Å². The van der Waals surface area contributed by atoms with Crippen molar-refractivity contribution < 1.29 is 17.2 Å². The molecule has 1 heterocycles. The van der Waals surface area contributed by atoms with E-state index in [2.05, 4.69) is 0 Å². The summed E-state index contributed by atoms with van der Waals surface area (Å²) in [7, 11) is -3.91. The number of hydrogen-bond acceptors (Lipinski definition) is 3. The van der Waals surface area contributed by atoms with Crippen LogP contribution in [0.5, 0.6) is 0 Å². The third kappa shape index (κ3) is 2.31. The summed E-state index contributed by atoms with van der Waals surface area (Å²) in [6.45, 7) is 0.430. The van der Waals surface area contributed by atoms with Gasteiger partial charge < -0.3 is 5.73 Å². The lowest BCUT2D eigenvalue weighted by Crippen LogP contribution is -2.32. The molecule has 1 aliphatic heterocycles. The van der Waals surface area contributed by atoms with Crippen LogP contribution in [0.15, 0.2) is 23.1 Å². The average Bonchev–Trinajstić information content (AvgIpc) is 2.64. The van der Waals surface area contributed by atoms with Crippen LogP contribution < -0.4 is 5.73 Å². The molecular weight excluding hydrogens is 250 g/mol. The van der Waals surface area contributed by atoms with Gasteiger partial charge in [0.1, 0.15) is 16.5 Å². The minimum atomic E-state index is -3.91. The Hall–Kier alpha value is -1.05. The highest BCUT2D eigenvalue weighted by Gasteiger charge is 2.32. The lowest BCUT2D eigenvalue weighted by Gasteiger charge is -2.16. The van der Waals surface area contributed by atoms with Crippen LogP contribution in [0.2, 0.25) is 0 Å². The van der Waals surface area contributed by atoms with E-state index in [1.807, 2.05) is 0 Å². The second-order valence-electron chi connectivity index (χ2n) is 3.99. The van der Waals surface area contributed by atoms with Gasteiger partial charge in [-0.2, -0.15) is 4.31 Å². The third-order valence-electron chi connectivity index (χ3n) is 2.70. The molecule has 0 aromatic heterocycles. The van der Waals surface area contributed by atoms with Crippen molar-refractivity contribution in [2.24, 2.45) is 5.73 Å². The predicted molar refractivity (Wildman–Crippen MR) is 57.7 cm³/mol. The van der Waals surface area contributed by atoms with E-state index in [-0.39, 0.29) is 19.1 Å². The van der Waals surface area contributed by atoms with Gasteiger partial charge in [0.2, 0.25) is 10.0 Å². The monoisotopic (exact) mass is 262 g/mol. The van der Waals surface area contributed by atoms with Crippen molar-refractivity contribution in [3.63, 3.8) is 0 Å². The summed E-state index contributed by atoms with van der Waals surface area (Å²) in [5.74, 6) is -1.88. The highest BCUT2D eigenvalue weighted by atomic mass is 32.2. The number of rotatable bonds is 2. The highest BCUT2D eigenvalue weighted by Crippen LogP contribution is 2.23. The van der Waals surface area contributed by atoms with Crippen molar-refractivity contribution in [1.29, 1.82) is 0 Å². The maximum atomic E-state index is 13.4. The fraction of sp³-hybridized carbons (Fsp3) is 0.400. The smallest absolute Gasteiger partial charge is 0.246 e. The quantitative estimate of drug-likeness (QED) is 0.852. The molecule has 1 fully saturated rings. The van der Waals surface area contributed by atoms with Gasteiger partial charge in [0.05, 0.1) is 0 Å². The minimum Gasteiger partial charge on any atom is -0.326 e. The van der Waals surface area contributed by atoms with Gasteiger partial charge in [-0.3, -0.25) is 0 Å². The van der Waals surface area contributed by atoms with Crippen molar-refractivity contribution in [3.8, 4) is 0 Å². The summed E-state index contributed by atoms with van der Waals surface area (Å²) < 4.78 is 51.3. The van der Waals surface area contributed by atoms with E-state index < -0.39 is 26.6 Å². The molecule has 1 aromatic carbocycles. The summed E-state index contributed by atoms with van der Waals surface area (Å²) in [5.41, 5.74) is 5.60. The molecular formula is C10H12F2N2O2S. The Kier molecular flexibility index (Phi) is 3.15. The van der Waals surface area contributed by atoms with Gasteiger partial charge in [0.25, 0.3) is 0 Å². The molecule has 0 saturated carbocycles. The standard InChI is InChI=1S/C10H12F2N2O2S/c11-7-1-2-10(9(12)5-7)17(15,16)14-4-3-8(13)6-14/h1-2,5,8H,3-4,6,13H2/t8-/m0/s1. The highest BCUT2D eigenvalue weighted by molar-refractivity contribution is 7.89. The van der Waals surface area contributed by atoms with E-state index >= 15 is 0 Å². The Morgan fingerprint density at radius 3 is 2.59 bits per heavy atom. The first-order chi connectivity index (χ1) is 7.91. The van der Waals surface area contributed by atoms with Crippen LogP contribution in [0, 0.1) is 11.6 Å². The second kappa shape index (κ2) is 4.32. The van der Waals surface area contributed by atoms with E-state index in [0.717, 1.165) is 16.4 Å². The van der Waals surface area contributed by atoms with Crippen LogP contribution in [0.25, 0.3) is 0 Å². The van der Waals surface area contributed by atoms with E-state index in [0.29, 0.717) is 12.5 Å². The Balaban J connectivity index is 2.38. The van der Waals surface area contributed by atoms with Crippen molar-refractivity contribution in [3.05, 3.63) is 29.8 Å². The molecule has 0 bridgehead atoms. The summed E-state index contributed by atoms with van der Waals surface area (Å²) in [6.07, 6.45) is 0.544. The van der Waals surface area contributed by atoms with Crippen LogP contribution >= 0.6 is 0 Å². The molecule has 7 heteroatoms. The van der Waals surface area contributed by atoms with E-state index in [1.165, 1.54) is 0 Å². The minimum absolute atomic E-state index is 0.166. The second-order valence-corrected chi connectivity index (χ2v) is 5.89. The lowest BCUT2D eigenvalue weighted by molar-refractivity contribution is 0.464. The zero-order valence-corrected chi connectivity index (χ0v) is 9.75.